The number of hydrogen-bond acceptors (Lipinski definition) is 2. The molecule has 0 aliphatic carbocycles. The molecular formula is C10H17F3N2O. The molecule has 0 saturated carbocycles. The highest BCUT2D eigenvalue weighted by Gasteiger charge is 2.59. The zero-order valence-corrected chi connectivity index (χ0v) is 9.31. The van der Waals surface area contributed by atoms with Crippen LogP contribution < -0.4 is 5.73 Å². The molecule has 1 rings (SSSR count). The summed E-state index contributed by atoms with van der Waals surface area (Å²) in [6.45, 7) is 1.17. The number of amides is 1. The van der Waals surface area contributed by atoms with E-state index in [0.29, 0.717) is 12.8 Å². The zero-order valence-electron chi connectivity index (χ0n) is 9.31. The van der Waals surface area contributed by atoms with Crippen LogP contribution in [-0.2, 0) is 4.79 Å². The SMILES string of the molecule is CCC(=O)N1CCCCC1(CN)C(F)(F)F. The lowest BCUT2D eigenvalue weighted by Gasteiger charge is -2.47. The van der Waals surface area contributed by atoms with E-state index in [1.54, 1.807) is 6.92 Å². The summed E-state index contributed by atoms with van der Waals surface area (Å²) in [5.74, 6) is -0.470. The molecule has 0 aromatic carbocycles. The maximum atomic E-state index is 13.1. The molecule has 0 radical (unpaired) electrons. The van der Waals surface area contributed by atoms with E-state index in [9.17, 15) is 18.0 Å². The Labute approximate surface area is 92.8 Å². The van der Waals surface area contributed by atoms with Crippen molar-refractivity contribution in [2.45, 2.75) is 44.3 Å². The number of nitrogens with zero attached hydrogens (tertiary/aromatic N) is 1. The van der Waals surface area contributed by atoms with Crippen molar-refractivity contribution in [3.63, 3.8) is 0 Å². The Morgan fingerprint density at radius 1 is 1.44 bits per heavy atom. The number of rotatable bonds is 2. The molecule has 3 nitrogen and oxygen atoms in total. The van der Waals surface area contributed by atoms with Gasteiger partial charge in [-0.25, -0.2) is 0 Å². The molecule has 1 unspecified atom stereocenters. The van der Waals surface area contributed by atoms with Crippen molar-refractivity contribution in [2.24, 2.45) is 5.73 Å². The Bertz CT molecular complexity index is 267. The molecule has 1 fully saturated rings. The van der Waals surface area contributed by atoms with Gasteiger partial charge in [0, 0.05) is 19.5 Å². The molecule has 1 aliphatic rings. The van der Waals surface area contributed by atoms with Gasteiger partial charge in [-0.1, -0.05) is 6.92 Å². The van der Waals surface area contributed by atoms with Crippen molar-refractivity contribution in [3.05, 3.63) is 0 Å². The first-order chi connectivity index (χ1) is 7.39. The standard InChI is InChI=1S/C10H17F3N2O/c1-2-8(16)15-6-4-3-5-9(15,7-14)10(11,12)13/h2-7,14H2,1H3. The van der Waals surface area contributed by atoms with Crippen LogP contribution in [0.1, 0.15) is 32.6 Å². The fourth-order valence-electron chi connectivity index (χ4n) is 2.21. The average Bonchev–Trinajstić information content (AvgIpc) is 2.26. The quantitative estimate of drug-likeness (QED) is 0.795. The Hall–Kier alpha value is -0.780. The third-order valence-electron chi connectivity index (χ3n) is 3.21. The summed E-state index contributed by atoms with van der Waals surface area (Å²) < 4.78 is 39.2. The van der Waals surface area contributed by atoms with Crippen LogP contribution in [0.25, 0.3) is 0 Å². The second kappa shape index (κ2) is 4.61. The molecule has 1 aliphatic heterocycles. The highest BCUT2D eigenvalue weighted by Crippen LogP contribution is 2.41. The van der Waals surface area contributed by atoms with E-state index in [4.69, 9.17) is 5.73 Å². The summed E-state index contributed by atoms with van der Waals surface area (Å²) in [7, 11) is 0. The number of piperidine rings is 1. The molecule has 0 aromatic heterocycles. The van der Waals surface area contributed by atoms with E-state index in [0.717, 1.165) is 4.90 Å². The maximum Gasteiger partial charge on any atom is 0.412 e. The van der Waals surface area contributed by atoms with Crippen molar-refractivity contribution in [2.75, 3.05) is 13.1 Å². The topological polar surface area (TPSA) is 46.3 Å². The van der Waals surface area contributed by atoms with Crippen molar-refractivity contribution < 1.29 is 18.0 Å². The summed E-state index contributed by atoms with van der Waals surface area (Å²) in [6.07, 6.45) is -3.38. The first-order valence-electron chi connectivity index (χ1n) is 5.46. The van der Waals surface area contributed by atoms with E-state index in [2.05, 4.69) is 0 Å². The normalized spacial score (nSPS) is 26.9. The number of halogens is 3. The van der Waals surface area contributed by atoms with Crippen LogP contribution in [0.3, 0.4) is 0 Å². The lowest BCUT2D eigenvalue weighted by molar-refractivity contribution is -0.237. The number of nitrogens with two attached hydrogens (primary N) is 1. The molecule has 1 saturated heterocycles. The van der Waals surface area contributed by atoms with Gasteiger partial charge in [-0.05, 0) is 19.3 Å². The molecule has 0 aromatic rings. The third-order valence-corrected chi connectivity index (χ3v) is 3.21. The minimum Gasteiger partial charge on any atom is -0.328 e. The van der Waals surface area contributed by atoms with E-state index in [1.165, 1.54) is 0 Å². The predicted octanol–water partition coefficient (Wildman–Crippen LogP) is 1.67. The first-order valence-corrected chi connectivity index (χ1v) is 5.46. The van der Waals surface area contributed by atoms with Crippen molar-refractivity contribution >= 4 is 5.91 Å². The molecule has 0 bridgehead atoms. The number of hydrogen-bond donors (Lipinski definition) is 1. The second-order valence-corrected chi connectivity index (χ2v) is 4.09. The van der Waals surface area contributed by atoms with Gasteiger partial charge < -0.3 is 10.6 Å². The van der Waals surface area contributed by atoms with E-state index < -0.39 is 24.2 Å². The van der Waals surface area contributed by atoms with Gasteiger partial charge in [0.2, 0.25) is 5.91 Å². The highest BCUT2D eigenvalue weighted by molar-refractivity contribution is 5.77. The summed E-state index contributed by atoms with van der Waals surface area (Å²) in [6, 6.07) is 0. The predicted molar refractivity (Wildman–Crippen MR) is 53.7 cm³/mol. The number of carbonyl (C=O) groups is 1. The molecule has 1 atom stereocenters. The fourth-order valence-corrected chi connectivity index (χ4v) is 2.21. The fraction of sp³-hybridized carbons (Fsp3) is 0.900. The first kappa shape index (κ1) is 13.3. The van der Waals surface area contributed by atoms with E-state index in [-0.39, 0.29) is 19.4 Å². The zero-order chi connectivity index (χ0) is 12.4. The summed E-state index contributed by atoms with van der Waals surface area (Å²) in [4.78, 5) is 12.5. The lowest BCUT2D eigenvalue weighted by atomic mass is 9.85. The Kier molecular flexibility index (Phi) is 3.83. The highest BCUT2D eigenvalue weighted by atomic mass is 19.4. The lowest BCUT2D eigenvalue weighted by Crippen LogP contribution is -2.66. The number of likely N-dealkylation sites (tertiary alicyclic amines) is 1. The van der Waals surface area contributed by atoms with Crippen LogP contribution in [0.5, 0.6) is 0 Å². The molecule has 6 heteroatoms. The van der Waals surface area contributed by atoms with Crippen LogP contribution >= 0.6 is 0 Å². The van der Waals surface area contributed by atoms with Gasteiger partial charge in [0.15, 0.2) is 5.54 Å². The Morgan fingerprint density at radius 2 is 2.06 bits per heavy atom. The maximum absolute atomic E-state index is 13.1. The Balaban J connectivity index is 3.06. The van der Waals surface area contributed by atoms with Crippen LogP contribution in [-0.4, -0.2) is 35.6 Å². The monoisotopic (exact) mass is 238 g/mol. The van der Waals surface area contributed by atoms with Crippen molar-refractivity contribution in [1.29, 1.82) is 0 Å². The third kappa shape index (κ3) is 2.03. The van der Waals surface area contributed by atoms with Crippen LogP contribution in [0.15, 0.2) is 0 Å². The van der Waals surface area contributed by atoms with Crippen molar-refractivity contribution in [3.8, 4) is 0 Å². The Morgan fingerprint density at radius 3 is 2.50 bits per heavy atom. The molecule has 94 valence electrons. The minimum atomic E-state index is -4.45. The van der Waals surface area contributed by atoms with Crippen LogP contribution in [0.4, 0.5) is 13.2 Å². The van der Waals surface area contributed by atoms with Gasteiger partial charge in [0.05, 0.1) is 0 Å². The second-order valence-electron chi connectivity index (χ2n) is 4.09. The van der Waals surface area contributed by atoms with Crippen LogP contribution in [0, 0.1) is 0 Å². The molecule has 16 heavy (non-hydrogen) atoms. The van der Waals surface area contributed by atoms with Gasteiger partial charge in [-0.3, -0.25) is 4.79 Å². The molecule has 0 spiro atoms. The number of alkyl halides is 3. The summed E-state index contributed by atoms with van der Waals surface area (Å²) in [5.41, 5.74) is 3.15. The smallest absolute Gasteiger partial charge is 0.328 e. The minimum absolute atomic E-state index is 0.0812. The molecular weight excluding hydrogens is 221 g/mol. The van der Waals surface area contributed by atoms with Gasteiger partial charge in [0.1, 0.15) is 0 Å². The van der Waals surface area contributed by atoms with Crippen molar-refractivity contribution in [1.82, 2.24) is 4.90 Å². The van der Waals surface area contributed by atoms with Gasteiger partial charge in [-0.2, -0.15) is 13.2 Å². The van der Waals surface area contributed by atoms with Gasteiger partial charge >= 0.3 is 6.18 Å². The number of carbonyl (C=O) groups excluding carboxylic acids is 1. The van der Waals surface area contributed by atoms with Gasteiger partial charge in [0.25, 0.3) is 0 Å². The van der Waals surface area contributed by atoms with E-state index in [1.807, 2.05) is 0 Å². The summed E-state index contributed by atoms with van der Waals surface area (Å²) >= 11 is 0. The average molecular weight is 238 g/mol. The molecule has 1 heterocycles. The molecule has 2 N–H and O–H groups in total. The van der Waals surface area contributed by atoms with E-state index >= 15 is 0 Å². The summed E-state index contributed by atoms with van der Waals surface area (Å²) in [5, 5.41) is 0. The van der Waals surface area contributed by atoms with Gasteiger partial charge in [-0.15, -0.1) is 0 Å². The largest absolute Gasteiger partial charge is 0.412 e. The van der Waals surface area contributed by atoms with Crippen LogP contribution in [0.2, 0.25) is 0 Å². The molecule has 1 amide bonds.